The van der Waals surface area contributed by atoms with Gasteiger partial charge in [0, 0.05) is 32.8 Å². The zero-order valence-electron chi connectivity index (χ0n) is 11.7. The standard InChI is InChI=1S/C14H24N2O2/c1-4-7-13(17)14(11-15-12-14)16(3)8-6-10-18-9-5-2/h15H,5-6,8-12H2,1-3H3. The molecule has 1 fully saturated rings. The van der Waals surface area contributed by atoms with Crippen LogP contribution in [0.3, 0.4) is 0 Å². The molecule has 4 nitrogen and oxygen atoms in total. The van der Waals surface area contributed by atoms with Crippen LogP contribution in [0.25, 0.3) is 0 Å². The average molecular weight is 252 g/mol. The van der Waals surface area contributed by atoms with Crippen LogP contribution >= 0.6 is 0 Å². The Hall–Kier alpha value is -0.890. The van der Waals surface area contributed by atoms with E-state index in [1.165, 1.54) is 0 Å². The molecule has 0 amide bonds. The van der Waals surface area contributed by atoms with Gasteiger partial charge in [-0.15, -0.1) is 0 Å². The molecule has 0 aromatic heterocycles. The first-order valence-electron chi connectivity index (χ1n) is 6.64. The van der Waals surface area contributed by atoms with E-state index >= 15 is 0 Å². The smallest absolute Gasteiger partial charge is 0.228 e. The molecule has 0 aliphatic carbocycles. The van der Waals surface area contributed by atoms with Gasteiger partial charge in [-0.05, 0) is 32.7 Å². The van der Waals surface area contributed by atoms with Gasteiger partial charge in [-0.2, -0.15) is 0 Å². The minimum Gasteiger partial charge on any atom is -0.381 e. The monoisotopic (exact) mass is 252 g/mol. The minimum absolute atomic E-state index is 0.0285. The van der Waals surface area contributed by atoms with E-state index in [0.29, 0.717) is 13.1 Å². The Morgan fingerprint density at radius 1 is 1.44 bits per heavy atom. The van der Waals surface area contributed by atoms with Gasteiger partial charge in [0.2, 0.25) is 5.78 Å². The molecule has 1 heterocycles. The number of ketones is 1. The number of Topliss-reactive ketones (excluding diaryl/α,β-unsaturated/α-hetero) is 1. The second-order valence-electron chi connectivity index (χ2n) is 4.73. The van der Waals surface area contributed by atoms with E-state index in [1.807, 2.05) is 7.05 Å². The van der Waals surface area contributed by atoms with Crippen molar-refractivity contribution in [3.63, 3.8) is 0 Å². The highest BCUT2D eigenvalue weighted by Gasteiger charge is 2.46. The lowest BCUT2D eigenvalue weighted by atomic mass is 9.85. The largest absolute Gasteiger partial charge is 0.381 e. The van der Waals surface area contributed by atoms with E-state index in [0.717, 1.165) is 32.6 Å². The van der Waals surface area contributed by atoms with Crippen LogP contribution in [0.4, 0.5) is 0 Å². The molecule has 1 aliphatic rings. The van der Waals surface area contributed by atoms with Crippen LogP contribution in [-0.2, 0) is 9.53 Å². The Kier molecular flexibility index (Phi) is 6.34. The Bertz CT molecular complexity index is 326. The maximum absolute atomic E-state index is 12.0. The van der Waals surface area contributed by atoms with Crippen molar-refractivity contribution in [1.82, 2.24) is 10.2 Å². The average Bonchev–Trinajstić information content (AvgIpc) is 2.27. The number of nitrogens with one attached hydrogen (secondary N) is 1. The van der Waals surface area contributed by atoms with Crippen molar-refractivity contribution in [3.05, 3.63) is 0 Å². The van der Waals surface area contributed by atoms with Gasteiger partial charge in [0.05, 0.1) is 0 Å². The summed E-state index contributed by atoms with van der Waals surface area (Å²) in [4.78, 5) is 14.2. The van der Waals surface area contributed by atoms with Gasteiger partial charge in [0.15, 0.2) is 0 Å². The van der Waals surface area contributed by atoms with Crippen molar-refractivity contribution < 1.29 is 9.53 Å². The summed E-state index contributed by atoms with van der Waals surface area (Å²) in [7, 11) is 2.00. The molecule has 1 rings (SSSR count). The summed E-state index contributed by atoms with van der Waals surface area (Å²) in [6, 6.07) is 0. The lowest BCUT2D eigenvalue weighted by Gasteiger charge is -2.46. The minimum atomic E-state index is -0.409. The van der Waals surface area contributed by atoms with Crippen molar-refractivity contribution in [2.24, 2.45) is 0 Å². The van der Waals surface area contributed by atoms with E-state index in [9.17, 15) is 4.79 Å². The Morgan fingerprint density at radius 2 is 2.17 bits per heavy atom. The second kappa shape index (κ2) is 7.52. The van der Waals surface area contributed by atoms with E-state index in [2.05, 4.69) is 29.0 Å². The molecule has 0 aromatic carbocycles. The molecular weight excluding hydrogens is 228 g/mol. The highest BCUT2D eigenvalue weighted by Crippen LogP contribution is 2.20. The van der Waals surface area contributed by atoms with E-state index in [-0.39, 0.29) is 5.78 Å². The van der Waals surface area contributed by atoms with Crippen LogP contribution in [0.15, 0.2) is 0 Å². The third-order valence-corrected chi connectivity index (χ3v) is 3.36. The summed E-state index contributed by atoms with van der Waals surface area (Å²) < 4.78 is 5.45. The zero-order valence-corrected chi connectivity index (χ0v) is 11.7. The zero-order chi connectivity index (χ0) is 13.4. The van der Waals surface area contributed by atoms with Crippen LogP contribution in [0.2, 0.25) is 0 Å². The lowest BCUT2D eigenvalue weighted by molar-refractivity contribution is -0.128. The molecule has 0 atom stereocenters. The first kappa shape index (κ1) is 15.2. The first-order chi connectivity index (χ1) is 8.67. The number of carbonyl (C=O) groups is 1. The summed E-state index contributed by atoms with van der Waals surface area (Å²) in [5, 5.41) is 3.17. The molecule has 0 aromatic rings. The molecule has 0 radical (unpaired) electrons. The van der Waals surface area contributed by atoms with Crippen LogP contribution in [0.5, 0.6) is 0 Å². The maximum atomic E-state index is 12.0. The molecule has 4 heteroatoms. The quantitative estimate of drug-likeness (QED) is 0.392. The number of ether oxygens (including phenoxy) is 1. The summed E-state index contributed by atoms with van der Waals surface area (Å²) in [5.74, 6) is 5.41. The first-order valence-corrected chi connectivity index (χ1v) is 6.64. The molecule has 0 unspecified atom stereocenters. The molecule has 1 N–H and O–H groups in total. The van der Waals surface area contributed by atoms with E-state index in [1.54, 1.807) is 6.92 Å². The predicted molar refractivity (Wildman–Crippen MR) is 72.4 cm³/mol. The molecule has 102 valence electrons. The van der Waals surface area contributed by atoms with Gasteiger partial charge in [-0.3, -0.25) is 9.69 Å². The molecule has 0 spiro atoms. The van der Waals surface area contributed by atoms with Gasteiger partial charge >= 0.3 is 0 Å². The lowest BCUT2D eigenvalue weighted by Crippen LogP contribution is -2.72. The van der Waals surface area contributed by atoms with Crippen LogP contribution < -0.4 is 5.32 Å². The number of likely N-dealkylation sites (N-methyl/N-ethyl adjacent to an activating group) is 1. The van der Waals surface area contributed by atoms with Crippen molar-refractivity contribution in [1.29, 1.82) is 0 Å². The van der Waals surface area contributed by atoms with Crippen LogP contribution in [-0.4, -0.2) is 56.1 Å². The summed E-state index contributed by atoms with van der Waals surface area (Å²) >= 11 is 0. The van der Waals surface area contributed by atoms with Crippen molar-refractivity contribution in [3.8, 4) is 11.8 Å². The summed E-state index contributed by atoms with van der Waals surface area (Å²) in [6.07, 6.45) is 2.00. The Labute approximate surface area is 110 Å². The fourth-order valence-electron chi connectivity index (χ4n) is 2.06. The van der Waals surface area contributed by atoms with Gasteiger partial charge in [-0.1, -0.05) is 12.8 Å². The summed E-state index contributed by atoms with van der Waals surface area (Å²) in [5.41, 5.74) is -0.409. The molecule has 1 saturated heterocycles. The fraction of sp³-hybridized carbons (Fsp3) is 0.786. The van der Waals surface area contributed by atoms with Gasteiger partial charge in [0.25, 0.3) is 0 Å². The maximum Gasteiger partial charge on any atom is 0.228 e. The SMILES string of the molecule is CC#CC(=O)C1(N(C)CCCOCCC)CNC1. The molecular formula is C14H24N2O2. The van der Waals surface area contributed by atoms with Crippen molar-refractivity contribution >= 4 is 5.78 Å². The van der Waals surface area contributed by atoms with Crippen LogP contribution in [0, 0.1) is 11.8 Å². The highest BCUT2D eigenvalue weighted by atomic mass is 16.5. The van der Waals surface area contributed by atoms with Gasteiger partial charge in [-0.25, -0.2) is 0 Å². The normalized spacial score (nSPS) is 16.9. The predicted octanol–water partition coefficient (Wildman–Crippen LogP) is 0.669. The van der Waals surface area contributed by atoms with E-state index < -0.39 is 5.54 Å². The number of carbonyl (C=O) groups excluding carboxylic acids is 1. The Balaban J connectivity index is 2.39. The molecule has 0 saturated carbocycles. The van der Waals surface area contributed by atoms with Crippen LogP contribution in [0.1, 0.15) is 26.7 Å². The number of nitrogens with zero attached hydrogens (tertiary/aromatic N) is 1. The van der Waals surface area contributed by atoms with Gasteiger partial charge < -0.3 is 10.1 Å². The Morgan fingerprint density at radius 3 is 2.67 bits per heavy atom. The third-order valence-electron chi connectivity index (χ3n) is 3.36. The molecule has 18 heavy (non-hydrogen) atoms. The second-order valence-corrected chi connectivity index (χ2v) is 4.73. The number of rotatable bonds is 8. The van der Waals surface area contributed by atoms with Crippen molar-refractivity contribution in [2.45, 2.75) is 32.2 Å². The number of hydrogen-bond donors (Lipinski definition) is 1. The van der Waals surface area contributed by atoms with Crippen molar-refractivity contribution in [2.75, 3.05) is 39.9 Å². The fourth-order valence-corrected chi connectivity index (χ4v) is 2.06. The van der Waals surface area contributed by atoms with E-state index in [4.69, 9.17) is 4.74 Å². The molecule has 1 aliphatic heterocycles. The molecule has 0 bridgehead atoms. The highest BCUT2D eigenvalue weighted by molar-refractivity contribution is 6.04. The number of hydrogen-bond acceptors (Lipinski definition) is 4. The van der Waals surface area contributed by atoms with Gasteiger partial charge in [0.1, 0.15) is 5.54 Å². The third kappa shape index (κ3) is 3.55. The topological polar surface area (TPSA) is 41.6 Å². The summed E-state index contributed by atoms with van der Waals surface area (Å²) in [6.45, 7) is 7.65.